The fourth-order valence-corrected chi connectivity index (χ4v) is 2.43. The fourth-order valence-electron chi connectivity index (χ4n) is 1.83. The zero-order chi connectivity index (χ0) is 11.5. The minimum atomic E-state index is 0.283. The van der Waals surface area contributed by atoms with Crippen LogP contribution in [0.15, 0.2) is 6.07 Å². The van der Waals surface area contributed by atoms with Gasteiger partial charge in [-0.25, -0.2) is 4.98 Å². The smallest absolute Gasteiger partial charge is 0.154 e. The molecule has 1 unspecified atom stereocenters. The van der Waals surface area contributed by atoms with E-state index in [0.717, 1.165) is 37.2 Å². The quantitative estimate of drug-likeness (QED) is 0.848. The first-order valence-corrected chi connectivity index (χ1v) is 6.10. The van der Waals surface area contributed by atoms with Crippen LogP contribution in [0.5, 0.6) is 0 Å². The third-order valence-corrected chi connectivity index (χ3v) is 3.14. The second kappa shape index (κ2) is 5.21. The number of pyridine rings is 1. The first-order chi connectivity index (χ1) is 7.66. The summed E-state index contributed by atoms with van der Waals surface area (Å²) in [6.07, 6.45) is 2.52. The van der Waals surface area contributed by atoms with E-state index >= 15 is 0 Å². The van der Waals surface area contributed by atoms with Crippen LogP contribution in [-0.4, -0.2) is 24.2 Å². The molecular formula is C11H14Cl2N2O. The van der Waals surface area contributed by atoms with Gasteiger partial charge in [-0.3, -0.25) is 0 Å². The Morgan fingerprint density at radius 3 is 3.00 bits per heavy atom. The van der Waals surface area contributed by atoms with Crippen molar-refractivity contribution in [1.29, 1.82) is 0 Å². The van der Waals surface area contributed by atoms with Crippen LogP contribution in [-0.2, 0) is 4.74 Å². The van der Waals surface area contributed by atoms with Gasteiger partial charge in [0.05, 0.1) is 11.8 Å². The number of ether oxygens (including phenoxy) is 1. The molecule has 0 radical (unpaired) electrons. The van der Waals surface area contributed by atoms with Crippen molar-refractivity contribution in [3.63, 3.8) is 0 Å². The van der Waals surface area contributed by atoms with Crippen LogP contribution in [0, 0.1) is 6.92 Å². The molecule has 0 spiro atoms. The molecule has 1 saturated heterocycles. The number of rotatable bonds is 3. The number of aromatic nitrogens is 1. The zero-order valence-electron chi connectivity index (χ0n) is 9.09. The van der Waals surface area contributed by atoms with Crippen molar-refractivity contribution in [3.8, 4) is 0 Å². The molecule has 0 bridgehead atoms. The molecule has 88 valence electrons. The monoisotopic (exact) mass is 260 g/mol. The van der Waals surface area contributed by atoms with Crippen molar-refractivity contribution in [3.05, 3.63) is 21.9 Å². The average molecular weight is 261 g/mol. The van der Waals surface area contributed by atoms with Crippen molar-refractivity contribution < 1.29 is 4.74 Å². The summed E-state index contributed by atoms with van der Waals surface area (Å²) in [6.45, 7) is 3.58. The minimum absolute atomic E-state index is 0.283. The summed E-state index contributed by atoms with van der Waals surface area (Å²) in [5.41, 5.74) is 1.85. The molecule has 0 aromatic carbocycles. The lowest BCUT2D eigenvalue weighted by atomic mass is 10.2. The normalized spacial score (nSPS) is 20.1. The molecule has 1 atom stereocenters. The van der Waals surface area contributed by atoms with Gasteiger partial charge in [0.15, 0.2) is 5.15 Å². The minimum Gasteiger partial charge on any atom is -0.380 e. The highest BCUT2D eigenvalue weighted by Gasteiger charge is 2.16. The van der Waals surface area contributed by atoms with Crippen LogP contribution in [0.25, 0.3) is 0 Å². The Hall–Kier alpha value is -0.510. The van der Waals surface area contributed by atoms with E-state index in [1.54, 1.807) is 6.07 Å². The lowest BCUT2D eigenvalue weighted by molar-refractivity contribution is 0.120. The van der Waals surface area contributed by atoms with E-state index in [4.69, 9.17) is 27.9 Å². The lowest BCUT2D eigenvalue weighted by Gasteiger charge is -2.14. The molecule has 1 aromatic heterocycles. The number of halogens is 2. The molecule has 1 aromatic rings. The van der Waals surface area contributed by atoms with Crippen LogP contribution in [0.1, 0.15) is 18.4 Å². The van der Waals surface area contributed by atoms with E-state index in [1.807, 2.05) is 6.92 Å². The number of hydrogen-bond acceptors (Lipinski definition) is 3. The van der Waals surface area contributed by atoms with Crippen molar-refractivity contribution in [2.75, 3.05) is 18.5 Å². The van der Waals surface area contributed by atoms with Gasteiger partial charge in [-0.15, -0.1) is 0 Å². The number of aryl methyl sites for hydroxylation is 1. The molecule has 16 heavy (non-hydrogen) atoms. The Labute approximate surface area is 105 Å². The first kappa shape index (κ1) is 12.0. The summed E-state index contributed by atoms with van der Waals surface area (Å²) in [5, 5.41) is 4.11. The molecule has 1 N–H and O–H groups in total. The van der Waals surface area contributed by atoms with Gasteiger partial charge in [0.25, 0.3) is 0 Å². The maximum absolute atomic E-state index is 6.02. The molecular weight excluding hydrogens is 247 g/mol. The standard InChI is InChI=1S/C11H14Cl2N2O/c1-7-5-9(12)15-11(13)10(7)14-6-8-3-2-4-16-8/h5,8,14H,2-4,6H2,1H3. The van der Waals surface area contributed by atoms with E-state index in [0.29, 0.717) is 10.3 Å². The lowest BCUT2D eigenvalue weighted by Crippen LogP contribution is -2.19. The highest BCUT2D eigenvalue weighted by molar-refractivity contribution is 6.34. The van der Waals surface area contributed by atoms with Gasteiger partial charge >= 0.3 is 0 Å². The second-order valence-electron chi connectivity index (χ2n) is 3.94. The van der Waals surface area contributed by atoms with Gasteiger partial charge in [0, 0.05) is 13.2 Å². The van der Waals surface area contributed by atoms with Gasteiger partial charge < -0.3 is 10.1 Å². The maximum Gasteiger partial charge on any atom is 0.154 e. The van der Waals surface area contributed by atoms with E-state index in [1.165, 1.54) is 0 Å². The van der Waals surface area contributed by atoms with Gasteiger partial charge in [0.2, 0.25) is 0 Å². The Bertz CT molecular complexity index is 355. The molecule has 2 heterocycles. The zero-order valence-corrected chi connectivity index (χ0v) is 10.6. The van der Waals surface area contributed by atoms with Crippen molar-refractivity contribution in [1.82, 2.24) is 4.98 Å². The first-order valence-electron chi connectivity index (χ1n) is 5.35. The Morgan fingerprint density at radius 1 is 1.56 bits per heavy atom. The van der Waals surface area contributed by atoms with Gasteiger partial charge in [-0.2, -0.15) is 0 Å². The molecule has 0 aliphatic carbocycles. The molecule has 5 heteroatoms. The van der Waals surface area contributed by atoms with Crippen LogP contribution in [0.3, 0.4) is 0 Å². The fraction of sp³-hybridized carbons (Fsp3) is 0.545. The summed E-state index contributed by atoms with van der Waals surface area (Å²) >= 11 is 11.8. The van der Waals surface area contributed by atoms with Crippen molar-refractivity contribution in [2.24, 2.45) is 0 Å². The highest BCUT2D eigenvalue weighted by Crippen LogP contribution is 2.26. The second-order valence-corrected chi connectivity index (χ2v) is 4.69. The topological polar surface area (TPSA) is 34.2 Å². The summed E-state index contributed by atoms with van der Waals surface area (Å²) in [6, 6.07) is 1.80. The molecule has 1 aliphatic rings. The predicted octanol–water partition coefficient (Wildman–Crippen LogP) is 3.29. The van der Waals surface area contributed by atoms with Gasteiger partial charge in [0.1, 0.15) is 5.15 Å². The largest absolute Gasteiger partial charge is 0.380 e. The van der Waals surface area contributed by atoms with E-state index in [9.17, 15) is 0 Å². The van der Waals surface area contributed by atoms with E-state index in [2.05, 4.69) is 10.3 Å². The van der Waals surface area contributed by atoms with E-state index < -0.39 is 0 Å². The van der Waals surface area contributed by atoms with Gasteiger partial charge in [-0.1, -0.05) is 23.2 Å². The number of nitrogens with zero attached hydrogens (tertiary/aromatic N) is 1. The molecule has 1 fully saturated rings. The third kappa shape index (κ3) is 2.78. The molecule has 0 amide bonds. The molecule has 1 aliphatic heterocycles. The van der Waals surface area contributed by atoms with Crippen molar-refractivity contribution >= 4 is 28.9 Å². The molecule has 3 nitrogen and oxygen atoms in total. The summed E-state index contributed by atoms with van der Waals surface area (Å²) < 4.78 is 5.53. The summed E-state index contributed by atoms with van der Waals surface area (Å²) in [5.74, 6) is 0. The Kier molecular flexibility index (Phi) is 3.90. The van der Waals surface area contributed by atoms with Gasteiger partial charge in [-0.05, 0) is 31.4 Å². The van der Waals surface area contributed by atoms with Crippen LogP contribution < -0.4 is 5.32 Å². The summed E-state index contributed by atoms with van der Waals surface area (Å²) in [7, 11) is 0. The maximum atomic E-state index is 6.02. The Balaban J connectivity index is 2.03. The van der Waals surface area contributed by atoms with Crippen LogP contribution in [0.4, 0.5) is 5.69 Å². The predicted molar refractivity (Wildman–Crippen MR) is 66.5 cm³/mol. The average Bonchev–Trinajstić information content (AvgIpc) is 2.68. The van der Waals surface area contributed by atoms with Crippen molar-refractivity contribution in [2.45, 2.75) is 25.9 Å². The molecule has 0 saturated carbocycles. The summed E-state index contributed by atoms with van der Waals surface area (Å²) in [4.78, 5) is 4.01. The highest BCUT2D eigenvalue weighted by atomic mass is 35.5. The third-order valence-electron chi connectivity index (χ3n) is 2.67. The SMILES string of the molecule is Cc1cc(Cl)nc(Cl)c1NCC1CCCO1. The number of anilines is 1. The van der Waals surface area contributed by atoms with E-state index in [-0.39, 0.29) is 6.10 Å². The number of nitrogens with one attached hydrogen (secondary N) is 1. The number of hydrogen-bond donors (Lipinski definition) is 1. The van der Waals surface area contributed by atoms with Crippen LogP contribution >= 0.6 is 23.2 Å². The van der Waals surface area contributed by atoms with Crippen LogP contribution in [0.2, 0.25) is 10.3 Å². The molecule has 2 rings (SSSR count). The Morgan fingerprint density at radius 2 is 2.38 bits per heavy atom.